The van der Waals surface area contributed by atoms with Gasteiger partial charge in [0.2, 0.25) is 0 Å². The smallest absolute Gasteiger partial charge is 0.137 e. The first kappa shape index (κ1) is 21.5. The van der Waals surface area contributed by atoms with Gasteiger partial charge in [-0.25, -0.2) is 0 Å². The van der Waals surface area contributed by atoms with Gasteiger partial charge in [-0.15, -0.1) is 0 Å². The van der Waals surface area contributed by atoms with Gasteiger partial charge in [0, 0.05) is 48.2 Å². The highest BCUT2D eigenvalue weighted by Crippen LogP contribution is 2.50. The summed E-state index contributed by atoms with van der Waals surface area (Å²) in [4.78, 5) is 11.1. The molecule has 0 amide bonds. The first-order valence-electron chi connectivity index (χ1n) is 10.9. The minimum absolute atomic E-state index is 0.320. The van der Waals surface area contributed by atoms with Crippen molar-refractivity contribution in [1.82, 2.24) is 9.88 Å². The van der Waals surface area contributed by atoms with Crippen LogP contribution >= 0.6 is 0 Å². The monoisotopic (exact) mass is 413 g/mol. The maximum atomic E-state index is 12.3. The minimum atomic E-state index is -1.16. The molecular formula is C27H31N3O. The summed E-state index contributed by atoms with van der Waals surface area (Å²) in [5.74, 6) is 6.88. The average molecular weight is 414 g/mol. The molecule has 2 aliphatic heterocycles. The minimum Gasteiger partial charge on any atom is -0.380 e. The lowest BCUT2D eigenvalue weighted by molar-refractivity contribution is -0.127. The number of hydrogen-bond donors (Lipinski definition) is 1. The van der Waals surface area contributed by atoms with E-state index in [0.29, 0.717) is 5.92 Å². The highest BCUT2D eigenvalue weighted by Gasteiger charge is 2.55. The molecule has 4 heteroatoms. The summed E-state index contributed by atoms with van der Waals surface area (Å²) in [5.41, 5.74) is 1.74. The summed E-state index contributed by atoms with van der Waals surface area (Å²) in [6, 6.07) is 10.4. The fraction of sp³-hybridized carbons (Fsp3) is 0.407. The standard InChI is InChI=1S/C27H31N3O/c1-20(2)22-7-9-23(10-8-22)27(31,25(3)18-30(5)19-25)24-15-21(16-28-17-24)11-13-26(4)12-6-14-29-26/h6-10,12,14-17,20,31H,18-19H2,1-5H3/t26-,27+/m1/s1. The number of pyridine rings is 1. The molecule has 0 saturated carbocycles. The molecule has 1 aromatic carbocycles. The number of benzene rings is 1. The predicted octanol–water partition coefficient (Wildman–Crippen LogP) is 4.14. The van der Waals surface area contributed by atoms with Gasteiger partial charge in [0.15, 0.2) is 0 Å². The van der Waals surface area contributed by atoms with Gasteiger partial charge in [-0.1, -0.05) is 56.9 Å². The number of aliphatic imine (C=N–C) groups is 1. The Labute approximate surface area is 185 Å². The first-order chi connectivity index (χ1) is 14.7. The molecule has 3 heterocycles. The SMILES string of the molecule is CC(C)c1ccc([C@](O)(c2cncc(C#C[C@@]3(C)C=CC=N3)c2)C2(C)CN(C)C2)cc1. The number of rotatable bonds is 4. The van der Waals surface area contributed by atoms with Crippen LogP contribution in [0, 0.1) is 17.3 Å². The summed E-state index contributed by atoms with van der Waals surface area (Å²) >= 11 is 0. The van der Waals surface area contributed by atoms with E-state index in [-0.39, 0.29) is 5.41 Å². The molecule has 4 rings (SSSR count). The molecule has 4 nitrogen and oxygen atoms in total. The number of aromatic nitrogens is 1. The van der Waals surface area contributed by atoms with Gasteiger partial charge >= 0.3 is 0 Å². The number of aliphatic hydroxyl groups is 1. The lowest BCUT2D eigenvalue weighted by Crippen LogP contribution is -2.63. The zero-order chi connectivity index (χ0) is 22.3. The van der Waals surface area contributed by atoms with Gasteiger partial charge in [0.25, 0.3) is 0 Å². The van der Waals surface area contributed by atoms with Crippen LogP contribution in [-0.4, -0.2) is 46.9 Å². The Morgan fingerprint density at radius 2 is 1.81 bits per heavy atom. The molecule has 2 atom stereocenters. The molecule has 31 heavy (non-hydrogen) atoms. The second-order valence-electron chi connectivity index (χ2n) is 9.72. The van der Waals surface area contributed by atoms with Crippen molar-refractivity contribution in [2.75, 3.05) is 20.1 Å². The van der Waals surface area contributed by atoms with Gasteiger partial charge in [-0.05, 0) is 49.2 Å². The van der Waals surface area contributed by atoms with Crippen LogP contribution in [0.5, 0.6) is 0 Å². The zero-order valence-electron chi connectivity index (χ0n) is 19.1. The van der Waals surface area contributed by atoms with Crippen molar-refractivity contribution in [2.24, 2.45) is 10.4 Å². The van der Waals surface area contributed by atoms with Gasteiger partial charge in [-0.3, -0.25) is 9.98 Å². The van der Waals surface area contributed by atoms with Crippen molar-refractivity contribution in [3.05, 3.63) is 77.1 Å². The Morgan fingerprint density at radius 3 is 2.39 bits per heavy atom. The van der Waals surface area contributed by atoms with Crippen molar-refractivity contribution in [3.63, 3.8) is 0 Å². The van der Waals surface area contributed by atoms with E-state index in [0.717, 1.165) is 29.8 Å². The van der Waals surface area contributed by atoms with Crippen LogP contribution in [0.1, 0.15) is 55.9 Å². The summed E-state index contributed by atoms with van der Waals surface area (Å²) < 4.78 is 0. The second-order valence-corrected chi connectivity index (χ2v) is 9.72. The molecule has 0 spiro atoms. The Morgan fingerprint density at radius 1 is 1.10 bits per heavy atom. The third-order valence-corrected chi connectivity index (χ3v) is 6.57. The van der Waals surface area contributed by atoms with Crippen molar-refractivity contribution in [2.45, 2.75) is 44.8 Å². The van der Waals surface area contributed by atoms with Gasteiger partial charge in [0.1, 0.15) is 11.1 Å². The van der Waals surface area contributed by atoms with Crippen molar-refractivity contribution < 1.29 is 5.11 Å². The topological polar surface area (TPSA) is 48.7 Å². The zero-order valence-corrected chi connectivity index (χ0v) is 19.1. The molecule has 2 aliphatic rings. The molecule has 1 aromatic heterocycles. The first-order valence-corrected chi connectivity index (χ1v) is 10.9. The molecule has 1 fully saturated rings. The highest BCUT2D eigenvalue weighted by molar-refractivity contribution is 5.76. The summed E-state index contributed by atoms with van der Waals surface area (Å²) in [6.07, 6.45) is 9.20. The fourth-order valence-electron chi connectivity index (χ4n) is 4.80. The van der Waals surface area contributed by atoms with Crippen LogP contribution < -0.4 is 0 Å². The number of hydrogen-bond acceptors (Lipinski definition) is 4. The molecular weight excluding hydrogens is 382 g/mol. The molecule has 2 aromatic rings. The Bertz CT molecular complexity index is 1070. The van der Waals surface area contributed by atoms with E-state index in [2.05, 4.69) is 78.8 Å². The van der Waals surface area contributed by atoms with E-state index < -0.39 is 11.1 Å². The lowest BCUT2D eigenvalue weighted by Gasteiger charge is -2.55. The molecule has 0 aliphatic carbocycles. The van der Waals surface area contributed by atoms with E-state index in [1.807, 2.05) is 25.1 Å². The van der Waals surface area contributed by atoms with E-state index in [9.17, 15) is 5.11 Å². The molecule has 1 N–H and O–H groups in total. The van der Waals surface area contributed by atoms with E-state index >= 15 is 0 Å². The summed E-state index contributed by atoms with van der Waals surface area (Å²) in [6.45, 7) is 10.1. The van der Waals surface area contributed by atoms with Crippen molar-refractivity contribution in [1.29, 1.82) is 0 Å². The molecule has 0 bridgehead atoms. The van der Waals surface area contributed by atoms with Crippen molar-refractivity contribution >= 4 is 6.21 Å². The Kier molecular flexibility index (Phi) is 5.37. The maximum Gasteiger partial charge on any atom is 0.137 e. The third kappa shape index (κ3) is 3.84. The highest BCUT2D eigenvalue weighted by atomic mass is 16.3. The lowest BCUT2D eigenvalue weighted by atomic mass is 9.62. The summed E-state index contributed by atoms with van der Waals surface area (Å²) in [7, 11) is 2.08. The van der Waals surface area contributed by atoms with Crippen LogP contribution in [0.25, 0.3) is 0 Å². The van der Waals surface area contributed by atoms with Gasteiger partial charge in [0.05, 0.1) is 0 Å². The van der Waals surface area contributed by atoms with E-state index in [4.69, 9.17) is 0 Å². The summed E-state index contributed by atoms with van der Waals surface area (Å²) in [5, 5.41) is 12.3. The normalized spacial score (nSPS) is 23.8. The van der Waals surface area contributed by atoms with Gasteiger partial charge in [-0.2, -0.15) is 0 Å². The van der Waals surface area contributed by atoms with Crippen LogP contribution in [0.4, 0.5) is 0 Å². The van der Waals surface area contributed by atoms with Crippen LogP contribution in [-0.2, 0) is 5.60 Å². The van der Waals surface area contributed by atoms with Gasteiger partial charge < -0.3 is 10.0 Å². The largest absolute Gasteiger partial charge is 0.380 e. The van der Waals surface area contributed by atoms with Crippen LogP contribution in [0.2, 0.25) is 0 Å². The van der Waals surface area contributed by atoms with Crippen LogP contribution in [0.15, 0.2) is 59.9 Å². The molecule has 0 unspecified atom stereocenters. The van der Waals surface area contributed by atoms with Crippen LogP contribution in [0.3, 0.4) is 0 Å². The predicted molar refractivity (Wildman–Crippen MR) is 126 cm³/mol. The number of nitrogens with zero attached hydrogens (tertiary/aromatic N) is 3. The molecule has 0 radical (unpaired) electrons. The number of allylic oxidation sites excluding steroid dienone is 1. The Hall–Kier alpha value is -2.74. The average Bonchev–Trinajstić information content (AvgIpc) is 3.17. The number of likely N-dealkylation sites (tertiary alicyclic amines) is 1. The third-order valence-electron chi connectivity index (χ3n) is 6.57. The van der Waals surface area contributed by atoms with E-state index in [1.54, 1.807) is 18.6 Å². The fourth-order valence-corrected chi connectivity index (χ4v) is 4.80. The Balaban J connectivity index is 1.77. The van der Waals surface area contributed by atoms with Crippen molar-refractivity contribution in [3.8, 4) is 11.8 Å². The quantitative estimate of drug-likeness (QED) is 0.767. The second kappa shape index (κ2) is 7.75. The molecule has 160 valence electrons. The molecule has 1 saturated heterocycles. The van der Waals surface area contributed by atoms with E-state index in [1.165, 1.54) is 5.56 Å². The maximum absolute atomic E-state index is 12.3.